The number of methoxy groups -OCH3 is 1. The fourth-order valence-corrected chi connectivity index (χ4v) is 0.995. The summed E-state index contributed by atoms with van der Waals surface area (Å²) in [4.78, 5) is 0. The number of hydrogen-bond donors (Lipinski definition) is 1. The second-order valence-electron chi connectivity index (χ2n) is 3.38. The highest BCUT2D eigenvalue weighted by atomic mass is 16.5. The van der Waals surface area contributed by atoms with Crippen LogP contribution in [0.3, 0.4) is 0 Å². The van der Waals surface area contributed by atoms with Crippen LogP contribution in [0.15, 0.2) is 56.2 Å². The molecule has 0 aliphatic rings. The fraction of sp³-hybridized carbons (Fsp3) is 0.333. The Hall–Kier alpha value is -1.80. The van der Waals surface area contributed by atoms with Crippen molar-refractivity contribution < 1.29 is 4.74 Å². The highest BCUT2D eigenvalue weighted by Gasteiger charge is 1.96. The van der Waals surface area contributed by atoms with Gasteiger partial charge in [-0.1, -0.05) is 51.3 Å². The van der Waals surface area contributed by atoms with Gasteiger partial charge in [-0.2, -0.15) is 0 Å². The first kappa shape index (κ1) is 23.3. The van der Waals surface area contributed by atoms with Gasteiger partial charge >= 0.3 is 0 Å². The maximum absolute atomic E-state index is 5.52. The summed E-state index contributed by atoms with van der Waals surface area (Å²) < 4.78 is 5.06. The molecular formula is C18H31NO. The molecule has 0 spiro atoms. The molecule has 2 heteroatoms. The third-order valence-corrected chi connectivity index (χ3v) is 1.94. The molecule has 0 bridgehead atoms. The minimum absolute atomic E-state index is 0.572. The lowest BCUT2D eigenvalue weighted by molar-refractivity contribution is 0.414. The number of allylic oxidation sites excluding steroid dienone is 3. The minimum atomic E-state index is 0.572. The Morgan fingerprint density at radius 3 is 1.90 bits per heavy atom. The molecule has 0 heterocycles. The average molecular weight is 277 g/mol. The zero-order valence-corrected chi connectivity index (χ0v) is 13.8. The van der Waals surface area contributed by atoms with Crippen molar-refractivity contribution in [3.05, 3.63) is 67.3 Å². The molecule has 2 nitrogen and oxygen atoms in total. The van der Waals surface area contributed by atoms with E-state index in [9.17, 15) is 0 Å². The Morgan fingerprint density at radius 1 is 1.15 bits per heavy atom. The van der Waals surface area contributed by atoms with Crippen molar-refractivity contribution in [2.75, 3.05) is 7.11 Å². The summed E-state index contributed by atoms with van der Waals surface area (Å²) in [6.45, 7) is 18.6. The molecule has 0 aliphatic carbocycles. The summed E-state index contributed by atoms with van der Waals surface area (Å²) in [6, 6.07) is 5.92. The van der Waals surface area contributed by atoms with Crippen LogP contribution in [-0.2, 0) is 6.54 Å². The summed E-state index contributed by atoms with van der Waals surface area (Å²) in [5, 5.41) is 0. The second kappa shape index (κ2) is 19.5. The van der Waals surface area contributed by atoms with Crippen molar-refractivity contribution in [3.8, 4) is 5.75 Å². The topological polar surface area (TPSA) is 35.2 Å². The maximum Gasteiger partial charge on any atom is 0.119 e. The van der Waals surface area contributed by atoms with Gasteiger partial charge in [0, 0.05) is 6.54 Å². The predicted octanol–water partition coefficient (Wildman–Crippen LogP) is 5.04. The predicted molar refractivity (Wildman–Crippen MR) is 93.2 cm³/mol. The zero-order valence-electron chi connectivity index (χ0n) is 13.8. The van der Waals surface area contributed by atoms with Crippen molar-refractivity contribution in [3.63, 3.8) is 0 Å². The summed E-state index contributed by atoms with van der Waals surface area (Å²) in [7, 11) is 1.66. The number of rotatable bonds is 3. The van der Waals surface area contributed by atoms with E-state index in [1.807, 2.05) is 45.9 Å². The van der Waals surface area contributed by atoms with Crippen LogP contribution in [0, 0.1) is 6.92 Å². The van der Waals surface area contributed by atoms with Gasteiger partial charge in [-0.05, 0) is 37.1 Å². The quantitative estimate of drug-likeness (QED) is 0.620. The van der Waals surface area contributed by atoms with Gasteiger partial charge in [0.05, 0.1) is 7.11 Å². The van der Waals surface area contributed by atoms with Crippen molar-refractivity contribution in [1.82, 2.24) is 0 Å². The first-order valence-electron chi connectivity index (χ1n) is 6.75. The highest BCUT2D eigenvalue weighted by Crippen LogP contribution is 2.15. The molecule has 0 aromatic heterocycles. The molecule has 2 N–H and O–H groups in total. The number of ether oxygens (including phenoxy) is 1. The summed E-state index contributed by atoms with van der Waals surface area (Å²) in [5.41, 5.74) is 7.88. The monoisotopic (exact) mass is 277 g/mol. The maximum atomic E-state index is 5.52. The van der Waals surface area contributed by atoms with Crippen LogP contribution in [0.1, 0.15) is 31.9 Å². The third kappa shape index (κ3) is 14.3. The summed E-state index contributed by atoms with van der Waals surface area (Å²) in [5.74, 6) is 0.871. The Labute approximate surface area is 125 Å². The van der Waals surface area contributed by atoms with Gasteiger partial charge in [-0.3, -0.25) is 0 Å². The molecule has 0 amide bonds. The molecule has 1 aromatic carbocycles. The van der Waals surface area contributed by atoms with E-state index in [0.717, 1.165) is 11.3 Å². The van der Waals surface area contributed by atoms with Crippen LogP contribution < -0.4 is 10.5 Å². The normalized spacial score (nSPS) is 7.30. The van der Waals surface area contributed by atoms with E-state index in [1.54, 1.807) is 25.3 Å². The van der Waals surface area contributed by atoms with Gasteiger partial charge in [-0.25, -0.2) is 0 Å². The molecule has 0 saturated heterocycles. The van der Waals surface area contributed by atoms with Crippen molar-refractivity contribution in [2.24, 2.45) is 5.73 Å². The Balaban J connectivity index is -0.000000269. The average Bonchev–Trinajstić information content (AvgIpc) is 2.51. The van der Waals surface area contributed by atoms with E-state index in [2.05, 4.69) is 19.7 Å². The molecule has 1 aromatic rings. The molecular weight excluding hydrogens is 246 g/mol. The third-order valence-electron chi connectivity index (χ3n) is 1.94. The van der Waals surface area contributed by atoms with Gasteiger partial charge in [0.1, 0.15) is 5.75 Å². The largest absolute Gasteiger partial charge is 0.497 e. The Kier molecular flexibility index (Phi) is 22.8. The Bertz CT molecular complexity index is 350. The standard InChI is InChI=1S/C9H13NO.C4H6.C3H6.C2H6/c1-7-3-4-9(11-2)5-8(7)6-10;1-3-4-2;1-3-2;1-2/h3-5H,6,10H2,1-2H3;3-4H,1-2H2;3H,1H2,2H3;1-2H3. The Morgan fingerprint density at radius 2 is 1.60 bits per heavy atom. The lowest BCUT2D eigenvalue weighted by Gasteiger charge is -2.04. The van der Waals surface area contributed by atoms with E-state index in [0.29, 0.717) is 6.54 Å². The number of aryl methyl sites for hydroxylation is 1. The molecule has 0 atom stereocenters. The van der Waals surface area contributed by atoms with Crippen LogP contribution in [-0.4, -0.2) is 7.11 Å². The van der Waals surface area contributed by atoms with Crippen molar-refractivity contribution in [2.45, 2.75) is 34.2 Å². The molecule has 0 unspecified atom stereocenters. The van der Waals surface area contributed by atoms with Crippen LogP contribution >= 0.6 is 0 Å². The van der Waals surface area contributed by atoms with Crippen LogP contribution in [0.25, 0.3) is 0 Å². The van der Waals surface area contributed by atoms with E-state index in [-0.39, 0.29) is 0 Å². The van der Waals surface area contributed by atoms with Gasteiger partial charge in [0.15, 0.2) is 0 Å². The van der Waals surface area contributed by atoms with E-state index >= 15 is 0 Å². The lowest BCUT2D eigenvalue weighted by Crippen LogP contribution is -1.99. The minimum Gasteiger partial charge on any atom is -0.497 e. The van der Waals surface area contributed by atoms with Crippen LogP contribution in [0.4, 0.5) is 0 Å². The molecule has 20 heavy (non-hydrogen) atoms. The van der Waals surface area contributed by atoms with Gasteiger partial charge < -0.3 is 10.5 Å². The highest BCUT2D eigenvalue weighted by molar-refractivity contribution is 5.34. The number of hydrogen-bond acceptors (Lipinski definition) is 2. The van der Waals surface area contributed by atoms with Gasteiger partial charge in [-0.15, -0.1) is 6.58 Å². The zero-order chi connectivity index (χ0) is 16.4. The van der Waals surface area contributed by atoms with Gasteiger partial charge in [0.25, 0.3) is 0 Å². The second-order valence-corrected chi connectivity index (χ2v) is 3.38. The van der Waals surface area contributed by atoms with E-state index in [1.165, 1.54) is 5.56 Å². The van der Waals surface area contributed by atoms with Crippen molar-refractivity contribution in [1.29, 1.82) is 0 Å². The van der Waals surface area contributed by atoms with Crippen molar-refractivity contribution >= 4 is 0 Å². The lowest BCUT2D eigenvalue weighted by atomic mass is 10.1. The molecule has 0 radical (unpaired) electrons. The molecule has 0 fully saturated rings. The first-order valence-corrected chi connectivity index (χ1v) is 6.75. The van der Waals surface area contributed by atoms with Crippen LogP contribution in [0.5, 0.6) is 5.75 Å². The van der Waals surface area contributed by atoms with Crippen LogP contribution in [0.2, 0.25) is 0 Å². The number of nitrogens with two attached hydrogens (primary N) is 1. The smallest absolute Gasteiger partial charge is 0.119 e. The molecule has 1 rings (SSSR count). The summed E-state index contributed by atoms with van der Waals surface area (Å²) >= 11 is 0. The van der Waals surface area contributed by atoms with Gasteiger partial charge in [0.2, 0.25) is 0 Å². The molecule has 0 aliphatic heterocycles. The SMILES string of the molecule is C=CC.C=CC=C.CC.COc1ccc(C)c(CN)c1. The van der Waals surface area contributed by atoms with E-state index in [4.69, 9.17) is 10.5 Å². The number of benzene rings is 1. The first-order chi connectivity index (χ1) is 9.60. The summed E-state index contributed by atoms with van der Waals surface area (Å²) in [6.07, 6.45) is 5.03. The molecule has 114 valence electrons. The van der Waals surface area contributed by atoms with E-state index < -0.39 is 0 Å². The molecule has 0 saturated carbocycles. The fourth-order valence-electron chi connectivity index (χ4n) is 0.995.